The van der Waals surface area contributed by atoms with Crippen molar-refractivity contribution in [2.24, 2.45) is 0 Å². The predicted molar refractivity (Wildman–Crippen MR) is 113 cm³/mol. The standard InChI is InChI=1S/C19H24BrN3O3S/c1-13(2)23(4)27(25,26)16-8-6-15(7-9-16)21-12-19(24)22-18-10-5-14(3)11-17(18)20/h5-11,13,21H,12H2,1-4H3,(H,22,24). The second-order valence-corrected chi connectivity index (χ2v) is 9.38. The Labute approximate surface area is 169 Å². The van der Waals surface area contributed by atoms with Gasteiger partial charge in [0, 0.05) is 23.2 Å². The Morgan fingerprint density at radius 3 is 2.33 bits per heavy atom. The van der Waals surface area contributed by atoms with Crippen LogP contribution >= 0.6 is 15.9 Å². The molecule has 0 bridgehead atoms. The summed E-state index contributed by atoms with van der Waals surface area (Å²) < 4.78 is 27.0. The molecular weight excluding hydrogens is 430 g/mol. The van der Waals surface area contributed by atoms with Crippen LogP contribution in [0.3, 0.4) is 0 Å². The van der Waals surface area contributed by atoms with Gasteiger partial charge in [0.15, 0.2) is 0 Å². The molecule has 0 unspecified atom stereocenters. The maximum absolute atomic E-state index is 12.4. The van der Waals surface area contributed by atoms with E-state index in [2.05, 4.69) is 26.6 Å². The lowest BCUT2D eigenvalue weighted by atomic mass is 10.2. The van der Waals surface area contributed by atoms with Crippen LogP contribution in [0.2, 0.25) is 0 Å². The number of sulfonamides is 1. The van der Waals surface area contributed by atoms with Crippen molar-refractivity contribution in [1.82, 2.24) is 4.31 Å². The fourth-order valence-electron chi connectivity index (χ4n) is 2.29. The van der Waals surface area contributed by atoms with E-state index in [4.69, 9.17) is 0 Å². The van der Waals surface area contributed by atoms with Crippen LogP contribution in [0.15, 0.2) is 51.8 Å². The largest absolute Gasteiger partial charge is 0.376 e. The number of carbonyl (C=O) groups excluding carboxylic acids is 1. The second-order valence-electron chi connectivity index (χ2n) is 6.52. The van der Waals surface area contributed by atoms with E-state index in [0.29, 0.717) is 11.4 Å². The summed E-state index contributed by atoms with van der Waals surface area (Å²) >= 11 is 3.42. The van der Waals surface area contributed by atoms with E-state index in [1.165, 1.54) is 16.4 Å². The Balaban J connectivity index is 1.98. The molecule has 0 spiro atoms. The lowest BCUT2D eigenvalue weighted by Gasteiger charge is -2.21. The van der Waals surface area contributed by atoms with Crippen molar-refractivity contribution in [3.05, 3.63) is 52.5 Å². The van der Waals surface area contributed by atoms with Gasteiger partial charge in [0.05, 0.1) is 17.1 Å². The van der Waals surface area contributed by atoms with Gasteiger partial charge in [-0.2, -0.15) is 4.31 Å². The quantitative estimate of drug-likeness (QED) is 0.667. The highest BCUT2D eigenvalue weighted by Crippen LogP contribution is 2.23. The van der Waals surface area contributed by atoms with Crippen LogP contribution < -0.4 is 10.6 Å². The number of halogens is 1. The summed E-state index contributed by atoms with van der Waals surface area (Å²) in [6.07, 6.45) is 0. The average molecular weight is 454 g/mol. The summed E-state index contributed by atoms with van der Waals surface area (Å²) in [6.45, 7) is 5.68. The molecule has 0 heterocycles. The lowest BCUT2D eigenvalue weighted by molar-refractivity contribution is -0.114. The molecule has 6 nitrogen and oxygen atoms in total. The van der Waals surface area contributed by atoms with Gasteiger partial charge in [-0.25, -0.2) is 8.42 Å². The molecule has 0 atom stereocenters. The highest BCUT2D eigenvalue weighted by Gasteiger charge is 2.22. The van der Waals surface area contributed by atoms with Crippen molar-refractivity contribution in [3.8, 4) is 0 Å². The maximum atomic E-state index is 12.4. The number of nitrogens with one attached hydrogen (secondary N) is 2. The third-order valence-electron chi connectivity index (χ3n) is 4.11. The van der Waals surface area contributed by atoms with Crippen molar-refractivity contribution >= 4 is 43.2 Å². The van der Waals surface area contributed by atoms with Crippen LogP contribution in [0.25, 0.3) is 0 Å². The van der Waals surface area contributed by atoms with E-state index in [-0.39, 0.29) is 23.4 Å². The molecule has 0 saturated heterocycles. The van der Waals surface area contributed by atoms with Crippen molar-refractivity contribution in [2.75, 3.05) is 24.2 Å². The fourth-order valence-corrected chi connectivity index (χ4v) is 4.25. The van der Waals surface area contributed by atoms with Crippen molar-refractivity contribution in [2.45, 2.75) is 31.7 Å². The van der Waals surface area contributed by atoms with E-state index < -0.39 is 10.0 Å². The van der Waals surface area contributed by atoms with Gasteiger partial charge in [0.2, 0.25) is 15.9 Å². The number of nitrogens with zero attached hydrogens (tertiary/aromatic N) is 1. The first-order valence-electron chi connectivity index (χ1n) is 8.49. The molecule has 0 aliphatic carbocycles. The van der Waals surface area contributed by atoms with E-state index in [1.807, 2.05) is 39.0 Å². The highest BCUT2D eigenvalue weighted by atomic mass is 79.9. The van der Waals surface area contributed by atoms with Gasteiger partial charge in [0.1, 0.15) is 0 Å². The first-order chi connectivity index (χ1) is 12.6. The number of hydrogen-bond acceptors (Lipinski definition) is 4. The van der Waals surface area contributed by atoms with Crippen LogP contribution in [0, 0.1) is 6.92 Å². The third-order valence-corrected chi connectivity index (χ3v) is 6.81. The number of rotatable bonds is 7. The molecule has 0 saturated carbocycles. The van der Waals surface area contributed by atoms with E-state index in [1.54, 1.807) is 19.2 Å². The first-order valence-corrected chi connectivity index (χ1v) is 10.7. The number of carbonyl (C=O) groups is 1. The molecule has 0 fully saturated rings. The molecule has 2 rings (SSSR count). The van der Waals surface area contributed by atoms with Gasteiger partial charge in [-0.1, -0.05) is 6.07 Å². The van der Waals surface area contributed by atoms with Gasteiger partial charge < -0.3 is 10.6 Å². The predicted octanol–water partition coefficient (Wildman–Crippen LogP) is 3.84. The minimum Gasteiger partial charge on any atom is -0.376 e. The van der Waals surface area contributed by atoms with Gasteiger partial charge >= 0.3 is 0 Å². The smallest absolute Gasteiger partial charge is 0.243 e. The minimum absolute atomic E-state index is 0.0678. The SMILES string of the molecule is Cc1ccc(NC(=O)CNc2ccc(S(=O)(=O)N(C)C(C)C)cc2)c(Br)c1. The summed E-state index contributed by atoms with van der Waals surface area (Å²) in [6, 6.07) is 11.9. The molecular formula is C19H24BrN3O3S. The van der Waals surface area contributed by atoms with Crippen LogP contribution in [-0.2, 0) is 14.8 Å². The molecule has 0 radical (unpaired) electrons. The van der Waals surface area contributed by atoms with Gasteiger partial charge in [-0.3, -0.25) is 4.79 Å². The lowest BCUT2D eigenvalue weighted by Crippen LogP contribution is -2.33. The van der Waals surface area contributed by atoms with E-state index in [9.17, 15) is 13.2 Å². The topological polar surface area (TPSA) is 78.5 Å². The van der Waals surface area contributed by atoms with Gasteiger partial charge in [-0.15, -0.1) is 0 Å². The average Bonchev–Trinajstić information content (AvgIpc) is 2.62. The van der Waals surface area contributed by atoms with Crippen molar-refractivity contribution in [1.29, 1.82) is 0 Å². The molecule has 146 valence electrons. The highest BCUT2D eigenvalue weighted by molar-refractivity contribution is 9.10. The van der Waals surface area contributed by atoms with Crippen LogP contribution in [-0.4, -0.2) is 38.3 Å². The molecule has 0 aliphatic rings. The zero-order valence-corrected chi connectivity index (χ0v) is 18.2. The minimum atomic E-state index is -3.51. The zero-order chi connectivity index (χ0) is 20.2. The number of amides is 1. The Morgan fingerprint density at radius 1 is 1.15 bits per heavy atom. The normalized spacial score (nSPS) is 11.7. The monoisotopic (exact) mass is 453 g/mol. The third kappa shape index (κ3) is 5.54. The summed E-state index contributed by atoms with van der Waals surface area (Å²) in [5.41, 5.74) is 2.46. The summed E-state index contributed by atoms with van der Waals surface area (Å²) in [5.74, 6) is -0.198. The second kappa shape index (κ2) is 8.86. The Morgan fingerprint density at radius 2 is 1.78 bits per heavy atom. The van der Waals surface area contributed by atoms with Crippen LogP contribution in [0.1, 0.15) is 19.4 Å². The Kier molecular flexibility index (Phi) is 7.02. The number of benzene rings is 2. The first kappa shape index (κ1) is 21.4. The zero-order valence-electron chi connectivity index (χ0n) is 15.8. The maximum Gasteiger partial charge on any atom is 0.243 e. The van der Waals surface area contributed by atoms with Crippen LogP contribution in [0.5, 0.6) is 0 Å². The van der Waals surface area contributed by atoms with E-state index in [0.717, 1.165) is 10.0 Å². The molecule has 2 aromatic carbocycles. The Hall–Kier alpha value is -1.90. The molecule has 2 N–H and O–H groups in total. The van der Waals surface area contributed by atoms with Gasteiger partial charge in [0.25, 0.3) is 0 Å². The van der Waals surface area contributed by atoms with Crippen molar-refractivity contribution < 1.29 is 13.2 Å². The van der Waals surface area contributed by atoms with Gasteiger partial charge in [-0.05, 0) is 78.7 Å². The van der Waals surface area contributed by atoms with E-state index >= 15 is 0 Å². The number of anilines is 2. The number of hydrogen-bond donors (Lipinski definition) is 2. The molecule has 0 aliphatic heterocycles. The molecule has 0 aromatic heterocycles. The molecule has 8 heteroatoms. The summed E-state index contributed by atoms with van der Waals surface area (Å²) in [4.78, 5) is 12.3. The number of aryl methyl sites for hydroxylation is 1. The molecule has 1 amide bonds. The summed E-state index contributed by atoms with van der Waals surface area (Å²) in [7, 11) is -1.96. The summed E-state index contributed by atoms with van der Waals surface area (Å²) in [5, 5.41) is 5.81. The molecule has 2 aromatic rings. The Bertz CT molecular complexity index is 912. The molecule has 27 heavy (non-hydrogen) atoms. The van der Waals surface area contributed by atoms with Crippen molar-refractivity contribution in [3.63, 3.8) is 0 Å². The fraction of sp³-hybridized carbons (Fsp3) is 0.316. The van der Waals surface area contributed by atoms with Crippen LogP contribution in [0.4, 0.5) is 11.4 Å².